The molecule has 0 bridgehead atoms. The molecule has 0 saturated carbocycles. The zero-order valence-corrected chi connectivity index (χ0v) is 16.4. The summed E-state index contributed by atoms with van der Waals surface area (Å²) >= 11 is 0. The molecule has 1 aliphatic rings. The molecule has 5 nitrogen and oxygen atoms in total. The fourth-order valence-electron chi connectivity index (χ4n) is 3.22. The van der Waals surface area contributed by atoms with Crippen molar-refractivity contribution in [1.82, 2.24) is 9.88 Å². The van der Waals surface area contributed by atoms with Gasteiger partial charge in [-0.05, 0) is 55.2 Å². The highest BCUT2D eigenvalue weighted by Gasteiger charge is 2.30. The van der Waals surface area contributed by atoms with E-state index >= 15 is 0 Å². The third-order valence-electron chi connectivity index (χ3n) is 4.97. The SMILES string of the molecule is Cc1ccc(NC(=O)C2CCN(C(=O)/C=C/c3cccc(C(F)(F)F)c3)CC2)nc1. The van der Waals surface area contributed by atoms with Gasteiger partial charge in [-0.25, -0.2) is 4.98 Å². The van der Waals surface area contributed by atoms with Crippen LogP contribution in [0, 0.1) is 12.8 Å². The fraction of sp³-hybridized carbons (Fsp3) is 0.318. The van der Waals surface area contributed by atoms with Crippen molar-refractivity contribution in [2.45, 2.75) is 25.9 Å². The summed E-state index contributed by atoms with van der Waals surface area (Å²) in [6.45, 7) is 2.73. The molecule has 1 fully saturated rings. The van der Waals surface area contributed by atoms with E-state index in [0.29, 0.717) is 37.3 Å². The van der Waals surface area contributed by atoms with Gasteiger partial charge in [0.2, 0.25) is 11.8 Å². The number of amides is 2. The average Bonchev–Trinajstić information content (AvgIpc) is 2.73. The summed E-state index contributed by atoms with van der Waals surface area (Å²) in [5.74, 6) is -0.137. The van der Waals surface area contributed by atoms with E-state index in [1.807, 2.05) is 13.0 Å². The maximum absolute atomic E-state index is 12.8. The van der Waals surface area contributed by atoms with Crippen molar-refractivity contribution in [3.8, 4) is 0 Å². The van der Waals surface area contributed by atoms with Crippen molar-refractivity contribution in [2.24, 2.45) is 5.92 Å². The van der Waals surface area contributed by atoms with Gasteiger partial charge in [0.15, 0.2) is 0 Å². The summed E-state index contributed by atoms with van der Waals surface area (Å²) in [6, 6.07) is 8.40. The summed E-state index contributed by atoms with van der Waals surface area (Å²) in [5.41, 5.74) is 0.544. The normalized spacial score (nSPS) is 15.4. The number of piperidine rings is 1. The van der Waals surface area contributed by atoms with Gasteiger partial charge >= 0.3 is 6.18 Å². The Kier molecular flexibility index (Phi) is 6.54. The van der Waals surface area contributed by atoms with Gasteiger partial charge in [0.1, 0.15) is 5.82 Å². The highest BCUT2D eigenvalue weighted by atomic mass is 19.4. The lowest BCUT2D eigenvalue weighted by Crippen LogP contribution is -2.40. The number of nitrogens with zero attached hydrogens (tertiary/aromatic N) is 2. The Labute approximate surface area is 172 Å². The summed E-state index contributed by atoms with van der Waals surface area (Å²) in [7, 11) is 0. The van der Waals surface area contributed by atoms with E-state index in [2.05, 4.69) is 10.3 Å². The van der Waals surface area contributed by atoms with Crippen molar-refractivity contribution in [3.05, 3.63) is 65.4 Å². The fourth-order valence-corrected chi connectivity index (χ4v) is 3.22. The lowest BCUT2D eigenvalue weighted by molar-refractivity contribution is -0.137. The monoisotopic (exact) mass is 417 g/mol. The predicted molar refractivity (Wildman–Crippen MR) is 107 cm³/mol. The van der Waals surface area contributed by atoms with Gasteiger partial charge in [0, 0.05) is 31.3 Å². The zero-order valence-electron chi connectivity index (χ0n) is 16.4. The second-order valence-corrected chi connectivity index (χ2v) is 7.27. The van der Waals surface area contributed by atoms with Crippen LogP contribution in [0.25, 0.3) is 6.08 Å². The largest absolute Gasteiger partial charge is 0.416 e. The van der Waals surface area contributed by atoms with Gasteiger partial charge in [0.25, 0.3) is 0 Å². The number of alkyl halides is 3. The molecular weight excluding hydrogens is 395 g/mol. The van der Waals surface area contributed by atoms with Crippen LogP contribution < -0.4 is 5.32 Å². The quantitative estimate of drug-likeness (QED) is 0.755. The first-order chi connectivity index (χ1) is 14.2. The molecule has 30 heavy (non-hydrogen) atoms. The molecule has 2 amide bonds. The minimum Gasteiger partial charge on any atom is -0.339 e. The van der Waals surface area contributed by atoms with Crippen molar-refractivity contribution in [3.63, 3.8) is 0 Å². The summed E-state index contributed by atoms with van der Waals surface area (Å²) in [6.07, 6.45) is 0.922. The number of pyridine rings is 1. The number of hydrogen-bond acceptors (Lipinski definition) is 3. The minimum atomic E-state index is -4.43. The molecule has 2 aromatic rings. The summed E-state index contributed by atoms with van der Waals surface area (Å²) in [5, 5.41) is 2.79. The van der Waals surface area contributed by atoms with Gasteiger partial charge in [-0.15, -0.1) is 0 Å². The van der Waals surface area contributed by atoms with Gasteiger partial charge in [0.05, 0.1) is 5.56 Å². The van der Waals surface area contributed by atoms with Crippen LogP contribution in [0.4, 0.5) is 19.0 Å². The lowest BCUT2D eigenvalue weighted by atomic mass is 9.96. The molecule has 8 heteroatoms. The number of aryl methyl sites for hydroxylation is 1. The molecule has 0 spiro atoms. The number of benzene rings is 1. The molecule has 1 saturated heterocycles. The second kappa shape index (κ2) is 9.11. The molecular formula is C22H22F3N3O2. The average molecular weight is 417 g/mol. The predicted octanol–water partition coefficient (Wildman–Crippen LogP) is 4.30. The third-order valence-corrected chi connectivity index (χ3v) is 4.97. The number of halogens is 3. The Bertz CT molecular complexity index is 931. The number of aromatic nitrogens is 1. The molecule has 1 aromatic heterocycles. The van der Waals surface area contributed by atoms with Gasteiger partial charge in [-0.3, -0.25) is 9.59 Å². The third kappa shape index (κ3) is 5.68. The maximum Gasteiger partial charge on any atom is 0.416 e. The standard InChI is InChI=1S/C22H22F3N3O2/c1-15-5-7-19(26-14-15)27-21(30)17-9-11-28(12-10-17)20(29)8-6-16-3-2-4-18(13-16)22(23,24)25/h2-8,13-14,17H,9-12H2,1H3,(H,26,27,30)/b8-6+. The van der Waals surface area contributed by atoms with E-state index in [0.717, 1.165) is 17.7 Å². The smallest absolute Gasteiger partial charge is 0.339 e. The van der Waals surface area contributed by atoms with Crippen LogP contribution in [-0.2, 0) is 15.8 Å². The van der Waals surface area contributed by atoms with Crippen LogP contribution in [0.3, 0.4) is 0 Å². The molecule has 0 atom stereocenters. The van der Waals surface area contributed by atoms with E-state index in [1.54, 1.807) is 17.2 Å². The van der Waals surface area contributed by atoms with E-state index in [4.69, 9.17) is 0 Å². The molecule has 0 aliphatic carbocycles. The van der Waals surface area contributed by atoms with Crippen LogP contribution in [0.1, 0.15) is 29.5 Å². The van der Waals surface area contributed by atoms with E-state index in [-0.39, 0.29) is 17.7 Å². The molecule has 158 valence electrons. The Morgan fingerprint density at radius 3 is 2.53 bits per heavy atom. The zero-order chi connectivity index (χ0) is 21.7. The Hall–Kier alpha value is -3.16. The van der Waals surface area contributed by atoms with E-state index in [9.17, 15) is 22.8 Å². The number of likely N-dealkylation sites (tertiary alicyclic amines) is 1. The number of nitrogens with one attached hydrogen (secondary N) is 1. The minimum absolute atomic E-state index is 0.127. The first-order valence-electron chi connectivity index (χ1n) is 9.60. The van der Waals surface area contributed by atoms with Crippen LogP contribution in [0.5, 0.6) is 0 Å². The summed E-state index contributed by atoms with van der Waals surface area (Å²) in [4.78, 5) is 30.5. The van der Waals surface area contributed by atoms with Crippen molar-refractivity contribution in [1.29, 1.82) is 0 Å². The van der Waals surface area contributed by atoms with Crippen LogP contribution in [0.2, 0.25) is 0 Å². The number of carbonyl (C=O) groups is 2. The molecule has 1 N–H and O–H groups in total. The van der Waals surface area contributed by atoms with Crippen molar-refractivity contribution < 1.29 is 22.8 Å². The van der Waals surface area contributed by atoms with Crippen LogP contribution in [-0.4, -0.2) is 34.8 Å². The Balaban J connectivity index is 1.52. The number of carbonyl (C=O) groups excluding carboxylic acids is 2. The van der Waals surface area contributed by atoms with Crippen molar-refractivity contribution >= 4 is 23.7 Å². The van der Waals surface area contributed by atoms with Gasteiger partial charge < -0.3 is 10.2 Å². The Morgan fingerprint density at radius 2 is 1.90 bits per heavy atom. The maximum atomic E-state index is 12.8. The first kappa shape index (κ1) is 21.5. The number of hydrogen-bond donors (Lipinski definition) is 1. The van der Waals surface area contributed by atoms with E-state index < -0.39 is 11.7 Å². The first-order valence-corrected chi connectivity index (χ1v) is 9.60. The number of anilines is 1. The molecule has 0 radical (unpaired) electrons. The number of rotatable bonds is 4. The van der Waals surface area contributed by atoms with E-state index in [1.165, 1.54) is 24.3 Å². The molecule has 0 unspecified atom stereocenters. The second-order valence-electron chi connectivity index (χ2n) is 7.27. The van der Waals surface area contributed by atoms with Crippen LogP contribution >= 0.6 is 0 Å². The lowest BCUT2D eigenvalue weighted by Gasteiger charge is -2.30. The van der Waals surface area contributed by atoms with Gasteiger partial charge in [-0.2, -0.15) is 13.2 Å². The highest BCUT2D eigenvalue weighted by molar-refractivity contribution is 5.93. The molecule has 1 aliphatic heterocycles. The molecule has 2 heterocycles. The van der Waals surface area contributed by atoms with Crippen LogP contribution in [0.15, 0.2) is 48.7 Å². The molecule has 3 rings (SSSR count). The highest BCUT2D eigenvalue weighted by Crippen LogP contribution is 2.29. The topological polar surface area (TPSA) is 62.3 Å². The van der Waals surface area contributed by atoms with Crippen molar-refractivity contribution in [2.75, 3.05) is 18.4 Å². The molecule has 1 aromatic carbocycles. The van der Waals surface area contributed by atoms with Gasteiger partial charge in [-0.1, -0.05) is 18.2 Å². The summed E-state index contributed by atoms with van der Waals surface area (Å²) < 4.78 is 38.3. The Morgan fingerprint density at radius 1 is 1.17 bits per heavy atom.